The smallest absolute Gasteiger partial charge is 0.279 e. The highest BCUT2D eigenvalue weighted by Crippen LogP contribution is 2.19. The zero-order chi connectivity index (χ0) is 19.5. The van der Waals surface area contributed by atoms with Gasteiger partial charge in [-0.15, -0.1) is 0 Å². The van der Waals surface area contributed by atoms with Gasteiger partial charge in [-0.1, -0.05) is 36.8 Å². The molecule has 5 nitrogen and oxygen atoms in total. The molecule has 2 rings (SSSR count). The maximum atomic E-state index is 12.4. The number of allylic oxidation sites excluding steroid dienone is 1. The van der Waals surface area contributed by atoms with E-state index in [0.29, 0.717) is 19.6 Å². The fraction of sp³-hybridized carbons (Fsp3) is 0.545. The third-order valence-electron chi connectivity index (χ3n) is 5.00. The molecule has 1 aromatic carbocycles. The molecule has 3 N–H and O–H groups in total. The van der Waals surface area contributed by atoms with Crippen molar-refractivity contribution < 1.29 is 14.5 Å². The van der Waals surface area contributed by atoms with Crippen LogP contribution in [0.3, 0.4) is 0 Å². The van der Waals surface area contributed by atoms with Gasteiger partial charge in [0.05, 0.1) is 6.54 Å². The summed E-state index contributed by atoms with van der Waals surface area (Å²) in [5.74, 6) is -0.0218. The minimum absolute atomic E-state index is 0.0264. The number of quaternary nitrogens is 1. The molecular formula is C22H34N3O2+. The van der Waals surface area contributed by atoms with Gasteiger partial charge in [0.2, 0.25) is 0 Å². The lowest BCUT2D eigenvalue weighted by Gasteiger charge is -2.19. The van der Waals surface area contributed by atoms with Crippen LogP contribution in [0.1, 0.15) is 51.0 Å². The first-order valence-electron chi connectivity index (χ1n) is 10.2. The minimum atomic E-state index is -0.0482. The zero-order valence-electron chi connectivity index (χ0n) is 16.8. The Balaban J connectivity index is 1.76. The lowest BCUT2D eigenvalue weighted by Crippen LogP contribution is -3.14. The van der Waals surface area contributed by atoms with Crippen molar-refractivity contribution in [3.05, 3.63) is 41.5 Å². The largest absolute Gasteiger partial charge is 0.351 e. The summed E-state index contributed by atoms with van der Waals surface area (Å²) in [5, 5.41) is 5.98. The third kappa shape index (κ3) is 7.95. The fourth-order valence-corrected chi connectivity index (χ4v) is 3.51. The second-order valence-corrected chi connectivity index (χ2v) is 7.42. The summed E-state index contributed by atoms with van der Waals surface area (Å²) in [6.45, 7) is 6.20. The van der Waals surface area contributed by atoms with Crippen molar-refractivity contribution in [1.82, 2.24) is 5.32 Å². The van der Waals surface area contributed by atoms with Gasteiger partial charge in [-0.25, -0.2) is 0 Å². The van der Waals surface area contributed by atoms with Gasteiger partial charge in [0.1, 0.15) is 0 Å². The lowest BCUT2D eigenvalue weighted by atomic mass is 9.97. The monoisotopic (exact) mass is 372 g/mol. The first-order chi connectivity index (χ1) is 13.1. The Labute approximate surface area is 163 Å². The van der Waals surface area contributed by atoms with Crippen LogP contribution in [0.25, 0.3) is 0 Å². The standard InChI is InChI=1S/C22H33N3O2/c1-3-15-25(17-22(27)24-20-12-8-7-9-18(20)2)16-21(26)23-14-13-19-10-5-4-6-11-19/h7-10,12H,3-6,11,13-17H2,1-2H3,(H,23,26)(H,24,27)/p+1. The van der Waals surface area contributed by atoms with E-state index in [-0.39, 0.29) is 11.8 Å². The van der Waals surface area contributed by atoms with Crippen LogP contribution in [-0.2, 0) is 9.59 Å². The van der Waals surface area contributed by atoms with Gasteiger partial charge in [-0.05, 0) is 57.1 Å². The Kier molecular flexibility index (Phi) is 9.05. The molecule has 1 atom stereocenters. The lowest BCUT2D eigenvalue weighted by molar-refractivity contribution is -0.883. The molecule has 0 spiro atoms. The molecule has 0 bridgehead atoms. The van der Waals surface area contributed by atoms with Crippen molar-refractivity contribution in [2.45, 2.75) is 52.4 Å². The van der Waals surface area contributed by atoms with Crippen LogP contribution in [0.15, 0.2) is 35.9 Å². The number of amides is 2. The van der Waals surface area contributed by atoms with E-state index in [9.17, 15) is 9.59 Å². The van der Waals surface area contributed by atoms with E-state index in [4.69, 9.17) is 0 Å². The van der Waals surface area contributed by atoms with Crippen molar-refractivity contribution in [1.29, 1.82) is 0 Å². The number of carbonyl (C=O) groups excluding carboxylic acids is 2. The van der Waals surface area contributed by atoms with Gasteiger partial charge in [-0.2, -0.15) is 0 Å². The van der Waals surface area contributed by atoms with E-state index in [1.54, 1.807) is 0 Å². The number of hydrogen-bond acceptors (Lipinski definition) is 2. The molecule has 27 heavy (non-hydrogen) atoms. The van der Waals surface area contributed by atoms with Gasteiger partial charge >= 0.3 is 0 Å². The molecule has 0 radical (unpaired) electrons. The van der Waals surface area contributed by atoms with Gasteiger partial charge in [0.25, 0.3) is 11.8 Å². The number of benzene rings is 1. The van der Waals surface area contributed by atoms with E-state index < -0.39 is 0 Å². The second-order valence-electron chi connectivity index (χ2n) is 7.42. The maximum Gasteiger partial charge on any atom is 0.279 e. The molecule has 2 amide bonds. The average molecular weight is 373 g/mol. The molecule has 0 saturated heterocycles. The van der Waals surface area contributed by atoms with Gasteiger partial charge < -0.3 is 15.5 Å². The van der Waals surface area contributed by atoms with Crippen molar-refractivity contribution in [2.75, 3.05) is 31.5 Å². The Hall–Kier alpha value is -2.14. The Morgan fingerprint density at radius 3 is 2.59 bits per heavy atom. The molecule has 0 saturated carbocycles. The SMILES string of the molecule is CCC[NH+](CC(=O)NCCC1=CCCCC1)CC(=O)Nc1ccccc1C. The van der Waals surface area contributed by atoms with Gasteiger partial charge in [0.15, 0.2) is 13.1 Å². The Bertz CT molecular complexity index is 655. The summed E-state index contributed by atoms with van der Waals surface area (Å²) in [6.07, 6.45) is 9.10. The zero-order valence-corrected chi connectivity index (χ0v) is 16.8. The Morgan fingerprint density at radius 2 is 1.89 bits per heavy atom. The topological polar surface area (TPSA) is 62.6 Å². The fourth-order valence-electron chi connectivity index (χ4n) is 3.51. The van der Waals surface area contributed by atoms with Crippen molar-refractivity contribution in [2.24, 2.45) is 0 Å². The van der Waals surface area contributed by atoms with Crippen molar-refractivity contribution >= 4 is 17.5 Å². The summed E-state index contributed by atoms with van der Waals surface area (Å²) in [6, 6.07) is 7.74. The summed E-state index contributed by atoms with van der Waals surface area (Å²) >= 11 is 0. The molecular weight excluding hydrogens is 338 g/mol. The van der Waals surface area contributed by atoms with Crippen LogP contribution in [0, 0.1) is 6.92 Å². The second kappa shape index (κ2) is 11.5. The molecule has 0 fully saturated rings. The molecule has 0 heterocycles. The highest BCUT2D eigenvalue weighted by Gasteiger charge is 2.18. The predicted octanol–water partition coefficient (Wildman–Crippen LogP) is 2.24. The van der Waals surface area contributed by atoms with Crippen LogP contribution in [-0.4, -0.2) is 38.0 Å². The molecule has 5 heteroatoms. The number of anilines is 1. The van der Waals surface area contributed by atoms with Crippen LogP contribution in [0.4, 0.5) is 5.69 Å². The normalized spacial score (nSPS) is 15.0. The van der Waals surface area contributed by atoms with E-state index >= 15 is 0 Å². The summed E-state index contributed by atoms with van der Waals surface area (Å²) in [5.41, 5.74) is 3.35. The number of hydrogen-bond donors (Lipinski definition) is 3. The highest BCUT2D eigenvalue weighted by molar-refractivity contribution is 5.92. The van der Waals surface area contributed by atoms with Gasteiger partial charge in [0, 0.05) is 12.2 Å². The third-order valence-corrected chi connectivity index (χ3v) is 5.00. The minimum Gasteiger partial charge on any atom is -0.351 e. The number of carbonyl (C=O) groups is 2. The van der Waals surface area contributed by atoms with Crippen LogP contribution in [0.2, 0.25) is 0 Å². The summed E-state index contributed by atoms with van der Waals surface area (Å²) < 4.78 is 0. The Morgan fingerprint density at radius 1 is 1.11 bits per heavy atom. The van der Waals surface area contributed by atoms with Crippen LogP contribution in [0.5, 0.6) is 0 Å². The average Bonchev–Trinajstić information content (AvgIpc) is 2.64. The number of para-hydroxylation sites is 1. The van der Waals surface area contributed by atoms with Gasteiger partial charge in [-0.3, -0.25) is 9.59 Å². The molecule has 0 aliphatic heterocycles. The maximum absolute atomic E-state index is 12.4. The first kappa shape index (κ1) is 21.2. The van der Waals surface area contributed by atoms with Crippen molar-refractivity contribution in [3.8, 4) is 0 Å². The molecule has 1 aromatic rings. The molecule has 1 aliphatic rings. The summed E-state index contributed by atoms with van der Waals surface area (Å²) in [7, 11) is 0. The van der Waals surface area contributed by atoms with Crippen LogP contribution < -0.4 is 15.5 Å². The van der Waals surface area contributed by atoms with E-state index in [1.165, 1.54) is 31.3 Å². The van der Waals surface area contributed by atoms with Crippen molar-refractivity contribution in [3.63, 3.8) is 0 Å². The van der Waals surface area contributed by atoms with E-state index in [0.717, 1.165) is 35.5 Å². The molecule has 148 valence electrons. The van der Waals surface area contributed by atoms with Crippen LogP contribution >= 0.6 is 0 Å². The first-order valence-corrected chi connectivity index (χ1v) is 10.2. The predicted molar refractivity (Wildman–Crippen MR) is 110 cm³/mol. The molecule has 0 aromatic heterocycles. The number of nitrogens with one attached hydrogen (secondary N) is 3. The van der Waals surface area contributed by atoms with E-state index in [1.807, 2.05) is 31.2 Å². The highest BCUT2D eigenvalue weighted by atomic mass is 16.2. The quantitative estimate of drug-likeness (QED) is 0.552. The van der Waals surface area contributed by atoms with E-state index in [2.05, 4.69) is 23.6 Å². The number of rotatable bonds is 10. The number of aryl methyl sites for hydroxylation is 1. The summed E-state index contributed by atoms with van der Waals surface area (Å²) in [4.78, 5) is 25.7. The molecule has 1 aliphatic carbocycles. The molecule has 1 unspecified atom stereocenters.